The number of hydrogen-bond acceptors (Lipinski definition) is 3. The van der Waals surface area contributed by atoms with Crippen molar-refractivity contribution in [2.24, 2.45) is 10.8 Å². The summed E-state index contributed by atoms with van der Waals surface area (Å²) in [5, 5.41) is 4.52. The van der Waals surface area contributed by atoms with Crippen molar-refractivity contribution in [3.8, 4) is 5.75 Å². The highest BCUT2D eigenvalue weighted by molar-refractivity contribution is 7.80. The number of nitrogens with two attached hydrogens (primary N) is 1. The van der Waals surface area contributed by atoms with Gasteiger partial charge in [-0.2, -0.15) is 5.10 Å². The summed E-state index contributed by atoms with van der Waals surface area (Å²) in [7, 11) is 0. The lowest BCUT2D eigenvalue weighted by atomic mass is 9.94. The van der Waals surface area contributed by atoms with Crippen LogP contribution in [0.5, 0.6) is 5.75 Å². The molecule has 112 valence electrons. The van der Waals surface area contributed by atoms with Crippen LogP contribution in [0, 0.1) is 6.92 Å². The van der Waals surface area contributed by atoms with E-state index in [0.29, 0.717) is 6.42 Å². The van der Waals surface area contributed by atoms with Crippen molar-refractivity contribution < 1.29 is 4.74 Å². The predicted octanol–water partition coefficient (Wildman–Crippen LogP) is 3.06. The Bertz CT molecular complexity index is 728. The van der Waals surface area contributed by atoms with Crippen LogP contribution in [-0.2, 0) is 0 Å². The topological polar surface area (TPSA) is 59.6 Å². The van der Waals surface area contributed by atoms with Crippen LogP contribution in [-0.4, -0.2) is 10.8 Å². The molecule has 0 amide bonds. The summed E-state index contributed by atoms with van der Waals surface area (Å²) < 4.78 is 6.14. The fraction of sp³-hybridized carbons (Fsp3) is 0.176. The highest BCUT2D eigenvalue weighted by atomic mass is 32.1. The average Bonchev–Trinajstić information content (AvgIpc) is 2.53. The summed E-state index contributed by atoms with van der Waals surface area (Å²) >= 11 is 4.84. The monoisotopic (exact) mass is 311 g/mol. The molecule has 0 aromatic heterocycles. The smallest absolute Gasteiger partial charge is 0.184 e. The normalized spacial score (nSPS) is 18.4. The van der Waals surface area contributed by atoms with Gasteiger partial charge in [-0.15, -0.1) is 0 Å². The van der Waals surface area contributed by atoms with Gasteiger partial charge in [0.1, 0.15) is 11.9 Å². The van der Waals surface area contributed by atoms with E-state index in [9.17, 15) is 0 Å². The van der Waals surface area contributed by atoms with Crippen molar-refractivity contribution in [3.63, 3.8) is 0 Å². The van der Waals surface area contributed by atoms with Gasteiger partial charge in [-0.3, -0.25) is 5.43 Å². The number of nitrogens with one attached hydrogen (secondary N) is 1. The van der Waals surface area contributed by atoms with Crippen molar-refractivity contribution in [1.82, 2.24) is 5.43 Å². The summed E-state index contributed by atoms with van der Waals surface area (Å²) in [6.07, 6.45) is 0.596. The van der Waals surface area contributed by atoms with E-state index in [2.05, 4.69) is 28.7 Å². The third kappa shape index (κ3) is 3.09. The first-order valence-electron chi connectivity index (χ1n) is 7.08. The van der Waals surface area contributed by atoms with Gasteiger partial charge >= 0.3 is 0 Å². The Kier molecular flexibility index (Phi) is 4.06. The lowest BCUT2D eigenvalue weighted by Crippen LogP contribution is -2.28. The minimum Gasteiger partial charge on any atom is -0.485 e. The van der Waals surface area contributed by atoms with Crippen LogP contribution in [0.4, 0.5) is 0 Å². The van der Waals surface area contributed by atoms with E-state index in [4.69, 9.17) is 22.7 Å². The molecule has 0 bridgehead atoms. The maximum atomic E-state index is 6.14. The molecular formula is C17H17N3OS. The molecule has 3 N–H and O–H groups in total. The first-order valence-corrected chi connectivity index (χ1v) is 7.49. The van der Waals surface area contributed by atoms with E-state index in [0.717, 1.165) is 28.2 Å². The molecule has 1 heterocycles. The summed E-state index contributed by atoms with van der Waals surface area (Å²) in [6, 6.07) is 16.2. The quantitative estimate of drug-likeness (QED) is 0.661. The van der Waals surface area contributed by atoms with Crippen LogP contribution in [0.15, 0.2) is 53.6 Å². The highest BCUT2D eigenvalue weighted by Crippen LogP contribution is 2.35. The van der Waals surface area contributed by atoms with Crippen molar-refractivity contribution in [2.45, 2.75) is 19.4 Å². The van der Waals surface area contributed by atoms with Gasteiger partial charge in [0, 0.05) is 12.0 Å². The van der Waals surface area contributed by atoms with Gasteiger partial charge < -0.3 is 10.5 Å². The molecule has 1 aliphatic rings. The minimum absolute atomic E-state index is 0.0664. The van der Waals surface area contributed by atoms with Gasteiger partial charge in [-0.25, -0.2) is 0 Å². The third-order valence-corrected chi connectivity index (χ3v) is 3.66. The third-order valence-electron chi connectivity index (χ3n) is 3.57. The summed E-state index contributed by atoms with van der Waals surface area (Å²) in [5.41, 5.74) is 12.3. The first kappa shape index (κ1) is 14.5. The second kappa shape index (κ2) is 6.15. The number of fused-ring (bicyclic) bond motifs is 1. The number of hydrogen-bond donors (Lipinski definition) is 2. The lowest BCUT2D eigenvalue weighted by molar-refractivity contribution is 0.206. The van der Waals surface area contributed by atoms with E-state index in [1.54, 1.807) is 0 Å². The Morgan fingerprint density at radius 1 is 1.27 bits per heavy atom. The molecular weight excluding hydrogens is 294 g/mol. The largest absolute Gasteiger partial charge is 0.485 e. The Labute approximate surface area is 135 Å². The van der Waals surface area contributed by atoms with Gasteiger partial charge in [-0.1, -0.05) is 42.0 Å². The number of thiocarbonyl (C=S) groups is 1. The van der Waals surface area contributed by atoms with Crippen LogP contribution in [0.25, 0.3) is 0 Å². The molecule has 1 aliphatic heterocycles. The molecule has 1 atom stereocenters. The van der Waals surface area contributed by atoms with Crippen LogP contribution >= 0.6 is 12.2 Å². The Morgan fingerprint density at radius 3 is 2.77 bits per heavy atom. The number of nitrogens with zero attached hydrogens (tertiary/aromatic N) is 1. The molecule has 2 aromatic carbocycles. The molecule has 3 rings (SSSR count). The fourth-order valence-electron chi connectivity index (χ4n) is 2.53. The molecule has 5 heteroatoms. The molecule has 2 aromatic rings. The molecule has 0 radical (unpaired) electrons. The zero-order valence-corrected chi connectivity index (χ0v) is 13.1. The van der Waals surface area contributed by atoms with Gasteiger partial charge in [-0.05, 0) is 36.8 Å². The summed E-state index contributed by atoms with van der Waals surface area (Å²) in [6.45, 7) is 2.04. The Morgan fingerprint density at radius 2 is 2.05 bits per heavy atom. The highest BCUT2D eigenvalue weighted by Gasteiger charge is 2.26. The lowest BCUT2D eigenvalue weighted by Gasteiger charge is -2.28. The van der Waals surface area contributed by atoms with E-state index >= 15 is 0 Å². The number of aryl methyl sites for hydroxylation is 1. The maximum Gasteiger partial charge on any atom is 0.184 e. The van der Waals surface area contributed by atoms with E-state index < -0.39 is 0 Å². The van der Waals surface area contributed by atoms with Crippen LogP contribution < -0.4 is 15.9 Å². The summed E-state index contributed by atoms with van der Waals surface area (Å²) in [4.78, 5) is 0. The Balaban J connectivity index is 1.99. The first-order chi connectivity index (χ1) is 10.6. The maximum absolute atomic E-state index is 6.14. The molecule has 0 spiro atoms. The van der Waals surface area contributed by atoms with Crippen LogP contribution in [0.1, 0.15) is 29.2 Å². The van der Waals surface area contributed by atoms with Crippen LogP contribution in [0.3, 0.4) is 0 Å². The summed E-state index contributed by atoms with van der Waals surface area (Å²) in [5.74, 6) is 0.828. The molecule has 0 saturated carbocycles. The number of rotatable bonds is 2. The van der Waals surface area contributed by atoms with Crippen LogP contribution in [0.2, 0.25) is 0 Å². The standard InChI is InChI=1S/C17H17N3OS/c1-11-7-8-15-13(9-11)14(19-20-17(18)22)10-16(21-15)12-5-3-2-4-6-12/h2-9,16H,10H2,1H3,(H3,18,20,22)/b19-14-. The Hall–Kier alpha value is -2.40. The molecule has 0 aliphatic carbocycles. The van der Waals surface area contributed by atoms with Gasteiger partial charge in [0.05, 0.1) is 5.71 Å². The number of benzene rings is 2. The van der Waals surface area contributed by atoms with Crippen molar-refractivity contribution in [1.29, 1.82) is 0 Å². The van der Waals surface area contributed by atoms with Gasteiger partial charge in [0.2, 0.25) is 0 Å². The van der Waals surface area contributed by atoms with E-state index in [-0.39, 0.29) is 11.2 Å². The van der Waals surface area contributed by atoms with Crippen molar-refractivity contribution in [3.05, 3.63) is 65.2 Å². The number of hydrazone groups is 1. The van der Waals surface area contributed by atoms with Crippen molar-refractivity contribution >= 4 is 23.0 Å². The average molecular weight is 311 g/mol. The van der Waals surface area contributed by atoms with Gasteiger partial charge in [0.15, 0.2) is 5.11 Å². The molecule has 4 nitrogen and oxygen atoms in total. The van der Waals surface area contributed by atoms with E-state index in [1.165, 1.54) is 0 Å². The van der Waals surface area contributed by atoms with Crippen molar-refractivity contribution in [2.75, 3.05) is 0 Å². The SMILES string of the molecule is Cc1ccc2c(c1)/C(=N\NC(N)=S)CC(c1ccccc1)O2. The minimum atomic E-state index is -0.0664. The molecule has 1 unspecified atom stereocenters. The number of ether oxygens (including phenoxy) is 1. The fourth-order valence-corrected chi connectivity index (χ4v) is 2.58. The molecule has 22 heavy (non-hydrogen) atoms. The second-order valence-corrected chi connectivity index (χ2v) is 5.70. The zero-order chi connectivity index (χ0) is 15.5. The van der Waals surface area contributed by atoms with Gasteiger partial charge in [0.25, 0.3) is 0 Å². The predicted molar refractivity (Wildman–Crippen MR) is 92.1 cm³/mol. The second-order valence-electron chi connectivity index (χ2n) is 5.26. The zero-order valence-electron chi connectivity index (χ0n) is 12.2. The van der Waals surface area contributed by atoms with E-state index in [1.807, 2.05) is 37.3 Å². The molecule has 0 saturated heterocycles. The molecule has 0 fully saturated rings.